The van der Waals surface area contributed by atoms with Gasteiger partial charge in [-0.2, -0.15) is 0 Å². The number of piperidine rings is 1. The topological polar surface area (TPSA) is 62.6 Å². The fourth-order valence-corrected chi connectivity index (χ4v) is 4.72. The van der Waals surface area contributed by atoms with Crippen molar-refractivity contribution in [1.29, 1.82) is 0 Å². The van der Waals surface area contributed by atoms with Gasteiger partial charge in [0.05, 0.1) is 11.3 Å². The first-order valence-corrected chi connectivity index (χ1v) is 11.4. The Morgan fingerprint density at radius 2 is 1.69 bits per heavy atom. The maximum Gasteiger partial charge on any atom is 0.255 e. The summed E-state index contributed by atoms with van der Waals surface area (Å²) in [6, 6.07) is 7.59. The van der Waals surface area contributed by atoms with Crippen LogP contribution in [0.25, 0.3) is 0 Å². The number of ketones is 2. The number of benzene rings is 1. The van der Waals surface area contributed by atoms with E-state index in [0.717, 1.165) is 51.9 Å². The van der Waals surface area contributed by atoms with Crippen molar-refractivity contribution in [2.45, 2.75) is 38.6 Å². The lowest BCUT2D eigenvalue weighted by Gasteiger charge is -2.31. The quantitative estimate of drug-likeness (QED) is 0.488. The molecule has 0 atom stereocenters. The smallest absolute Gasteiger partial charge is 0.255 e. The van der Waals surface area contributed by atoms with Crippen molar-refractivity contribution in [3.63, 3.8) is 0 Å². The number of carbonyl (C=O) groups excluding carboxylic acids is 3. The van der Waals surface area contributed by atoms with Gasteiger partial charge in [-0.1, -0.05) is 0 Å². The van der Waals surface area contributed by atoms with E-state index in [1.165, 1.54) is 12.1 Å². The van der Waals surface area contributed by atoms with E-state index in [9.17, 15) is 18.8 Å². The Balaban J connectivity index is 1.23. The summed E-state index contributed by atoms with van der Waals surface area (Å²) in [5.74, 6) is -0.245. The van der Waals surface area contributed by atoms with Gasteiger partial charge in [-0.3, -0.25) is 14.4 Å². The van der Waals surface area contributed by atoms with Crippen LogP contribution in [-0.4, -0.2) is 65.1 Å². The molecule has 0 radical (unpaired) electrons. The van der Waals surface area contributed by atoms with Crippen LogP contribution in [0.3, 0.4) is 0 Å². The van der Waals surface area contributed by atoms with Crippen LogP contribution in [0.2, 0.25) is 0 Å². The summed E-state index contributed by atoms with van der Waals surface area (Å²) in [4.78, 5) is 41.6. The normalized spacial score (nSPS) is 18.0. The third kappa shape index (κ3) is 4.83. The molecule has 170 valence electrons. The van der Waals surface area contributed by atoms with Crippen LogP contribution in [-0.2, 0) is 6.54 Å². The molecule has 1 aromatic carbocycles. The Labute approximate surface area is 188 Å². The summed E-state index contributed by atoms with van der Waals surface area (Å²) >= 11 is 0. The highest BCUT2D eigenvalue weighted by Gasteiger charge is 2.28. The van der Waals surface area contributed by atoms with Gasteiger partial charge in [-0.05, 0) is 75.6 Å². The molecular weight excluding hydrogens is 409 g/mol. The number of carbonyl (C=O) groups is 3. The van der Waals surface area contributed by atoms with Crippen molar-refractivity contribution < 1.29 is 18.8 Å². The van der Waals surface area contributed by atoms with Gasteiger partial charge in [0, 0.05) is 44.2 Å². The first-order valence-electron chi connectivity index (χ1n) is 11.4. The van der Waals surface area contributed by atoms with Crippen molar-refractivity contribution in [3.05, 3.63) is 59.2 Å². The van der Waals surface area contributed by atoms with Gasteiger partial charge >= 0.3 is 0 Å². The molecule has 1 fully saturated rings. The zero-order valence-corrected chi connectivity index (χ0v) is 18.6. The number of halogens is 1. The Hall–Kier alpha value is -2.80. The molecule has 1 amide bonds. The SMILES string of the molecule is CN1CCC(=O)c2c(ccn2CCCCN2CCC(C(=O)c3ccc(F)cc3)CC2)C1=O. The number of aryl methyl sites for hydroxylation is 1. The van der Waals surface area contributed by atoms with Gasteiger partial charge in [0.2, 0.25) is 0 Å². The zero-order valence-electron chi connectivity index (χ0n) is 18.6. The second-order valence-electron chi connectivity index (χ2n) is 8.87. The Morgan fingerprint density at radius 3 is 2.41 bits per heavy atom. The van der Waals surface area contributed by atoms with Crippen molar-refractivity contribution in [2.24, 2.45) is 5.92 Å². The number of hydrogen-bond donors (Lipinski definition) is 0. The van der Waals surface area contributed by atoms with Crippen molar-refractivity contribution in [3.8, 4) is 0 Å². The number of hydrogen-bond acceptors (Lipinski definition) is 4. The average molecular weight is 440 g/mol. The fraction of sp³-hybridized carbons (Fsp3) is 0.480. The first kappa shape index (κ1) is 22.4. The van der Waals surface area contributed by atoms with E-state index in [1.54, 1.807) is 30.1 Å². The van der Waals surface area contributed by atoms with Crippen LogP contribution in [0, 0.1) is 11.7 Å². The summed E-state index contributed by atoms with van der Waals surface area (Å²) in [6.45, 7) is 3.91. The number of nitrogens with zero attached hydrogens (tertiary/aromatic N) is 3. The molecule has 1 saturated heterocycles. The minimum absolute atomic E-state index is 0.00808. The highest BCUT2D eigenvalue weighted by atomic mass is 19.1. The van der Waals surface area contributed by atoms with Crippen molar-refractivity contribution in [2.75, 3.05) is 33.2 Å². The van der Waals surface area contributed by atoms with Crippen LogP contribution < -0.4 is 0 Å². The van der Waals surface area contributed by atoms with E-state index in [0.29, 0.717) is 29.8 Å². The van der Waals surface area contributed by atoms with Crippen molar-refractivity contribution in [1.82, 2.24) is 14.4 Å². The van der Waals surface area contributed by atoms with Gasteiger partial charge in [0.15, 0.2) is 11.6 Å². The molecule has 0 unspecified atom stereocenters. The van der Waals surface area contributed by atoms with Crippen LogP contribution in [0.15, 0.2) is 36.5 Å². The molecule has 0 bridgehead atoms. The van der Waals surface area contributed by atoms with E-state index < -0.39 is 0 Å². The maximum atomic E-state index is 13.1. The Kier molecular flexibility index (Phi) is 6.84. The Morgan fingerprint density at radius 1 is 1.00 bits per heavy atom. The van der Waals surface area contributed by atoms with Crippen molar-refractivity contribution >= 4 is 17.5 Å². The molecule has 0 aliphatic carbocycles. The molecule has 1 aromatic heterocycles. The third-order valence-electron chi connectivity index (χ3n) is 6.69. The van der Waals surface area contributed by atoms with E-state index >= 15 is 0 Å². The number of aromatic nitrogens is 1. The molecule has 0 N–H and O–H groups in total. The molecule has 3 heterocycles. The average Bonchev–Trinajstić information content (AvgIpc) is 3.19. The first-order chi connectivity index (χ1) is 15.4. The number of Topliss-reactive ketones (excluding diaryl/α,β-unsaturated/α-hetero) is 2. The van der Waals surface area contributed by atoms with Crippen LogP contribution in [0.5, 0.6) is 0 Å². The summed E-state index contributed by atoms with van der Waals surface area (Å²) in [6.07, 6.45) is 5.78. The lowest BCUT2D eigenvalue weighted by molar-refractivity contribution is 0.0796. The number of fused-ring (bicyclic) bond motifs is 1. The number of rotatable bonds is 7. The molecule has 4 rings (SSSR count). The van der Waals surface area contributed by atoms with Gasteiger partial charge in [0.25, 0.3) is 5.91 Å². The highest BCUT2D eigenvalue weighted by Crippen LogP contribution is 2.23. The molecule has 2 aliphatic rings. The minimum atomic E-state index is -0.323. The second kappa shape index (κ2) is 9.77. The van der Waals surface area contributed by atoms with E-state index in [1.807, 2.05) is 10.8 Å². The van der Waals surface area contributed by atoms with E-state index in [2.05, 4.69) is 4.90 Å². The summed E-state index contributed by atoms with van der Waals surface area (Å²) in [5, 5.41) is 0. The summed E-state index contributed by atoms with van der Waals surface area (Å²) in [7, 11) is 1.73. The zero-order chi connectivity index (χ0) is 22.7. The maximum absolute atomic E-state index is 13.1. The fourth-order valence-electron chi connectivity index (χ4n) is 4.72. The molecule has 32 heavy (non-hydrogen) atoms. The number of unbranched alkanes of at least 4 members (excludes halogenated alkanes) is 1. The molecule has 2 aromatic rings. The number of amides is 1. The lowest BCUT2D eigenvalue weighted by Crippen LogP contribution is -2.37. The van der Waals surface area contributed by atoms with E-state index in [4.69, 9.17) is 0 Å². The molecule has 0 saturated carbocycles. The molecule has 0 spiro atoms. The third-order valence-corrected chi connectivity index (χ3v) is 6.69. The standard InChI is InChI=1S/C25H30FN3O3/c1-27-14-11-22(30)23-21(25(27)32)10-17-29(23)13-3-2-12-28-15-8-19(9-16-28)24(31)18-4-6-20(26)7-5-18/h4-7,10,17,19H,2-3,8-9,11-16H2,1H3. The predicted molar refractivity (Wildman–Crippen MR) is 119 cm³/mol. The van der Waals surface area contributed by atoms with Crippen LogP contribution >= 0.6 is 0 Å². The Bertz CT molecular complexity index is 990. The molecule has 2 aliphatic heterocycles. The molecular formula is C25H30FN3O3. The number of likely N-dealkylation sites (tertiary alicyclic amines) is 1. The van der Waals surface area contributed by atoms with E-state index in [-0.39, 0.29) is 29.2 Å². The lowest BCUT2D eigenvalue weighted by atomic mass is 9.89. The minimum Gasteiger partial charge on any atom is -0.344 e. The summed E-state index contributed by atoms with van der Waals surface area (Å²) in [5.41, 5.74) is 1.66. The molecule has 6 nitrogen and oxygen atoms in total. The van der Waals surface area contributed by atoms with Crippen LogP contribution in [0.1, 0.15) is 63.3 Å². The second-order valence-corrected chi connectivity index (χ2v) is 8.87. The monoisotopic (exact) mass is 439 g/mol. The van der Waals surface area contributed by atoms with Gasteiger partial charge in [-0.25, -0.2) is 4.39 Å². The molecule has 7 heteroatoms. The summed E-state index contributed by atoms with van der Waals surface area (Å²) < 4.78 is 15.0. The largest absolute Gasteiger partial charge is 0.344 e. The van der Waals surface area contributed by atoms with Gasteiger partial charge < -0.3 is 14.4 Å². The predicted octanol–water partition coefficient (Wildman–Crippen LogP) is 3.66. The highest BCUT2D eigenvalue weighted by molar-refractivity contribution is 6.08. The van der Waals surface area contributed by atoms with Gasteiger partial charge in [-0.15, -0.1) is 0 Å². The van der Waals surface area contributed by atoms with Crippen LogP contribution in [0.4, 0.5) is 4.39 Å². The van der Waals surface area contributed by atoms with Gasteiger partial charge in [0.1, 0.15) is 5.82 Å².